The molecule has 4 heteroatoms. The van der Waals surface area contributed by atoms with E-state index in [-0.39, 0.29) is 18.3 Å². The Bertz CT molecular complexity index is 1480. The first-order valence-corrected chi connectivity index (χ1v) is 11.2. The minimum atomic E-state index is -0.384. The number of rotatable bonds is 2. The molecule has 32 heavy (non-hydrogen) atoms. The minimum absolute atomic E-state index is 0.364. The van der Waals surface area contributed by atoms with Crippen LogP contribution in [0.3, 0.4) is 0 Å². The summed E-state index contributed by atoms with van der Waals surface area (Å²) in [6, 6.07) is 30.3. The summed E-state index contributed by atoms with van der Waals surface area (Å²) in [5, 5.41) is 5.02. The van der Waals surface area contributed by atoms with E-state index in [2.05, 4.69) is 117 Å². The highest BCUT2D eigenvalue weighted by molar-refractivity contribution is 6.62. The summed E-state index contributed by atoms with van der Waals surface area (Å²) in [4.78, 5) is 0. The van der Waals surface area contributed by atoms with E-state index in [9.17, 15) is 0 Å². The van der Waals surface area contributed by atoms with Crippen LogP contribution < -0.4 is 5.46 Å². The Labute approximate surface area is 188 Å². The van der Waals surface area contributed by atoms with Crippen molar-refractivity contribution in [2.24, 2.45) is 0 Å². The number of hydrogen-bond donors (Lipinski definition) is 0. The number of benzene rings is 4. The smallest absolute Gasteiger partial charge is 0.399 e. The van der Waals surface area contributed by atoms with E-state index in [1.54, 1.807) is 0 Å². The van der Waals surface area contributed by atoms with E-state index in [0.29, 0.717) is 0 Å². The second kappa shape index (κ2) is 6.71. The van der Waals surface area contributed by atoms with Crippen LogP contribution in [0.1, 0.15) is 27.7 Å². The van der Waals surface area contributed by atoms with Gasteiger partial charge in [0, 0.05) is 21.8 Å². The number of para-hydroxylation sites is 1. The van der Waals surface area contributed by atoms with Crippen molar-refractivity contribution >= 4 is 45.2 Å². The first kappa shape index (κ1) is 19.6. The van der Waals surface area contributed by atoms with Crippen molar-refractivity contribution in [1.82, 2.24) is 4.57 Å². The third kappa shape index (κ3) is 2.76. The summed E-state index contributed by atoms with van der Waals surface area (Å²) >= 11 is 0. The molecule has 1 fully saturated rings. The number of nitrogens with zero attached hydrogens (tertiary/aromatic N) is 1. The Morgan fingerprint density at radius 1 is 0.656 bits per heavy atom. The Balaban J connectivity index is 1.61. The third-order valence-electron chi connectivity index (χ3n) is 7.21. The van der Waals surface area contributed by atoms with E-state index < -0.39 is 0 Å². The van der Waals surface area contributed by atoms with Gasteiger partial charge in [0.05, 0.1) is 22.2 Å². The Kier molecular flexibility index (Phi) is 4.11. The van der Waals surface area contributed by atoms with Gasteiger partial charge < -0.3 is 13.9 Å². The molecule has 1 aliphatic rings. The van der Waals surface area contributed by atoms with Crippen LogP contribution in [0.15, 0.2) is 84.9 Å². The van der Waals surface area contributed by atoms with Crippen molar-refractivity contribution in [1.29, 1.82) is 0 Å². The van der Waals surface area contributed by atoms with Gasteiger partial charge in [-0.3, -0.25) is 0 Å². The summed E-state index contributed by atoms with van der Waals surface area (Å²) in [5.41, 5.74) is 3.85. The molecule has 1 aliphatic heterocycles. The van der Waals surface area contributed by atoms with Crippen LogP contribution in [-0.4, -0.2) is 22.9 Å². The van der Waals surface area contributed by atoms with Gasteiger partial charge >= 0.3 is 7.12 Å². The predicted octanol–water partition coefficient (Wildman–Crippen LogP) is 6.24. The van der Waals surface area contributed by atoms with Crippen molar-refractivity contribution in [2.75, 3.05) is 0 Å². The van der Waals surface area contributed by atoms with Crippen LogP contribution in [0.25, 0.3) is 38.3 Å². The number of hydrogen-bond acceptors (Lipinski definition) is 2. The molecule has 0 saturated carbocycles. The number of fused-ring (bicyclic) bond motifs is 5. The van der Waals surface area contributed by atoms with E-state index in [4.69, 9.17) is 9.31 Å². The number of aromatic nitrogens is 1. The molecule has 1 aromatic heterocycles. The maximum absolute atomic E-state index is 6.34. The molecule has 4 aromatic carbocycles. The van der Waals surface area contributed by atoms with Gasteiger partial charge in [-0.05, 0) is 56.7 Å². The van der Waals surface area contributed by atoms with E-state index >= 15 is 0 Å². The minimum Gasteiger partial charge on any atom is -0.399 e. The Morgan fingerprint density at radius 2 is 1.34 bits per heavy atom. The van der Waals surface area contributed by atoms with Crippen LogP contribution in [0.5, 0.6) is 0 Å². The van der Waals surface area contributed by atoms with E-state index in [1.165, 1.54) is 32.6 Å². The van der Waals surface area contributed by atoms with Crippen LogP contribution in [0.4, 0.5) is 0 Å². The molecule has 0 atom stereocenters. The van der Waals surface area contributed by atoms with Gasteiger partial charge in [-0.2, -0.15) is 0 Å². The average Bonchev–Trinajstić information content (AvgIpc) is 3.24. The molecule has 0 N–H and O–H groups in total. The predicted molar refractivity (Wildman–Crippen MR) is 134 cm³/mol. The van der Waals surface area contributed by atoms with Crippen LogP contribution in [-0.2, 0) is 9.31 Å². The Hall–Kier alpha value is -3.08. The van der Waals surface area contributed by atoms with Crippen molar-refractivity contribution < 1.29 is 9.31 Å². The summed E-state index contributed by atoms with van der Waals surface area (Å²) in [7, 11) is -0.384. The molecule has 0 radical (unpaired) electrons. The fourth-order valence-corrected chi connectivity index (χ4v) is 4.79. The SMILES string of the molecule is CC1(C)OB(c2cccc(-n3c4ccccc4c4ccc5ccccc5c43)c2)OC1(C)C. The maximum Gasteiger partial charge on any atom is 0.494 e. The second-order valence-corrected chi connectivity index (χ2v) is 9.72. The molecule has 0 amide bonds. The van der Waals surface area contributed by atoms with Gasteiger partial charge in [0.2, 0.25) is 0 Å². The van der Waals surface area contributed by atoms with Gasteiger partial charge in [-0.1, -0.05) is 66.7 Å². The zero-order valence-corrected chi connectivity index (χ0v) is 18.9. The highest BCUT2D eigenvalue weighted by atomic mass is 16.7. The second-order valence-electron chi connectivity index (χ2n) is 9.72. The van der Waals surface area contributed by atoms with E-state index in [1.807, 2.05) is 0 Å². The van der Waals surface area contributed by atoms with Gasteiger partial charge in [0.25, 0.3) is 0 Å². The topological polar surface area (TPSA) is 23.4 Å². The van der Waals surface area contributed by atoms with Gasteiger partial charge in [0.15, 0.2) is 0 Å². The summed E-state index contributed by atoms with van der Waals surface area (Å²) in [5.74, 6) is 0. The van der Waals surface area contributed by atoms with Gasteiger partial charge in [-0.25, -0.2) is 0 Å². The molecule has 0 aliphatic carbocycles. The molecule has 0 bridgehead atoms. The van der Waals surface area contributed by atoms with E-state index in [0.717, 1.165) is 11.2 Å². The molecular weight excluding hydrogens is 393 g/mol. The lowest BCUT2D eigenvalue weighted by atomic mass is 9.79. The molecule has 2 heterocycles. The van der Waals surface area contributed by atoms with Crippen molar-refractivity contribution in [3.05, 3.63) is 84.9 Å². The first-order chi connectivity index (χ1) is 15.4. The summed E-state index contributed by atoms with van der Waals surface area (Å²) in [6.07, 6.45) is 0. The molecular formula is C28H26BNO2. The quantitative estimate of drug-likeness (QED) is 0.317. The zero-order chi connectivity index (χ0) is 22.1. The maximum atomic E-state index is 6.34. The lowest BCUT2D eigenvalue weighted by Crippen LogP contribution is -2.41. The molecule has 158 valence electrons. The van der Waals surface area contributed by atoms with Crippen molar-refractivity contribution in [3.8, 4) is 5.69 Å². The fourth-order valence-electron chi connectivity index (χ4n) is 4.79. The van der Waals surface area contributed by atoms with Crippen LogP contribution >= 0.6 is 0 Å². The van der Waals surface area contributed by atoms with Crippen LogP contribution in [0.2, 0.25) is 0 Å². The van der Waals surface area contributed by atoms with Gasteiger partial charge in [-0.15, -0.1) is 0 Å². The Morgan fingerprint density at radius 3 is 2.12 bits per heavy atom. The van der Waals surface area contributed by atoms with Crippen molar-refractivity contribution in [3.63, 3.8) is 0 Å². The third-order valence-corrected chi connectivity index (χ3v) is 7.21. The molecule has 5 aromatic rings. The highest BCUT2D eigenvalue weighted by Gasteiger charge is 2.51. The summed E-state index contributed by atoms with van der Waals surface area (Å²) in [6.45, 7) is 8.37. The molecule has 0 unspecified atom stereocenters. The fraction of sp³-hybridized carbons (Fsp3) is 0.214. The molecule has 0 spiro atoms. The summed E-state index contributed by atoms with van der Waals surface area (Å²) < 4.78 is 15.0. The lowest BCUT2D eigenvalue weighted by molar-refractivity contribution is 0.00578. The van der Waals surface area contributed by atoms with Crippen LogP contribution in [0, 0.1) is 0 Å². The molecule has 3 nitrogen and oxygen atoms in total. The van der Waals surface area contributed by atoms with Gasteiger partial charge in [0.1, 0.15) is 0 Å². The normalized spacial score (nSPS) is 17.6. The largest absolute Gasteiger partial charge is 0.494 e. The van der Waals surface area contributed by atoms with Crippen molar-refractivity contribution in [2.45, 2.75) is 38.9 Å². The average molecular weight is 419 g/mol. The molecule has 1 saturated heterocycles. The zero-order valence-electron chi connectivity index (χ0n) is 18.9. The molecule has 6 rings (SSSR count). The monoisotopic (exact) mass is 419 g/mol. The standard InChI is InChI=1S/C28H26BNO2/c1-27(2)28(3,4)32-29(31-27)20-11-9-12-21(18-20)30-25-15-8-7-14-23(25)24-17-16-19-10-5-6-13-22(19)26(24)30/h5-18H,1-4H3. The highest BCUT2D eigenvalue weighted by Crippen LogP contribution is 2.38. The lowest BCUT2D eigenvalue weighted by Gasteiger charge is -2.32. The first-order valence-electron chi connectivity index (χ1n) is 11.2.